The number of nitrogens with one attached hydrogen (secondary N) is 1. The Morgan fingerprint density at radius 2 is 2.19 bits per heavy atom. The standard InChI is InChI=1S/C19H21ClN4O2/c20-15-3-1-2-14(10-15)6-9-24-13-17(11-19(24)26)23-18(25)5-4-16-12-21-7-8-22-16/h1-3,7-8,10,12,17H,4-6,9,11,13H2,(H,23,25)/t17-/m0/s1. The highest BCUT2D eigenvalue weighted by molar-refractivity contribution is 6.30. The minimum absolute atomic E-state index is 0.0647. The van der Waals surface area contributed by atoms with Crippen molar-refractivity contribution >= 4 is 23.4 Å². The highest BCUT2D eigenvalue weighted by atomic mass is 35.5. The van der Waals surface area contributed by atoms with E-state index in [-0.39, 0.29) is 17.9 Å². The van der Waals surface area contributed by atoms with Crippen molar-refractivity contribution < 1.29 is 9.59 Å². The zero-order valence-electron chi connectivity index (χ0n) is 14.4. The van der Waals surface area contributed by atoms with Crippen LogP contribution in [0.5, 0.6) is 0 Å². The predicted octanol–water partition coefficient (Wildman–Crippen LogP) is 2.02. The second-order valence-corrected chi connectivity index (χ2v) is 6.82. The summed E-state index contributed by atoms with van der Waals surface area (Å²) in [6.07, 6.45) is 6.85. The van der Waals surface area contributed by atoms with Gasteiger partial charge in [0.25, 0.3) is 0 Å². The van der Waals surface area contributed by atoms with Gasteiger partial charge in [-0.1, -0.05) is 23.7 Å². The van der Waals surface area contributed by atoms with Crippen molar-refractivity contribution in [2.24, 2.45) is 0 Å². The molecule has 1 aliphatic rings. The maximum atomic E-state index is 12.2. The Hall–Kier alpha value is -2.47. The van der Waals surface area contributed by atoms with Gasteiger partial charge in [-0.25, -0.2) is 0 Å². The van der Waals surface area contributed by atoms with Crippen LogP contribution in [-0.2, 0) is 22.4 Å². The van der Waals surface area contributed by atoms with Crippen LogP contribution in [-0.4, -0.2) is 45.8 Å². The number of likely N-dealkylation sites (tertiary alicyclic amines) is 1. The van der Waals surface area contributed by atoms with Crippen molar-refractivity contribution in [3.8, 4) is 0 Å². The van der Waals surface area contributed by atoms with Gasteiger partial charge >= 0.3 is 0 Å². The number of rotatable bonds is 7. The number of aromatic nitrogens is 2. The molecule has 2 aromatic rings. The molecule has 1 aliphatic heterocycles. The number of halogens is 1. The third-order valence-corrected chi connectivity index (χ3v) is 4.60. The molecule has 7 heteroatoms. The van der Waals surface area contributed by atoms with Crippen LogP contribution < -0.4 is 5.32 Å². The Balaban J connectivity index is 1.43. The van der Waals surface area contributed by atoms with Crippen LogP contribution in [0.25, 0.3) is 0 Å². The summed E-state index contributed by atoms with van der Waals surface area (Å²) in [5, 5.41) is 3.64. The van der Waals surface area contributed by atoms with Crippen LogP contribution in [0.1, 0.15) is 24.1 Å². The second-order valence-electron chi connectivity index (χ2n) is 6.38. The number of aryl methyl sites for hydroxylation is 1. The lowest BCUT2D eigenvalue weighted by Gasteiger charge is -2.17. The Morgan fingerprint density at radius 1 is 1.31 bits per heavy atom. The topological polar surface area (TPSA) is 75.2 Å². The van der Waals surface area contributed by atoms with Crippen molar-refractivity contribution in [3.63, 3.8) is 0 Å². The summed E-state index contributed by atoms with van der Waals surface area (Å²) in [5.41, 5.74) is 1.88. The molecule has 1 fully saturated rings. The first-order valence-corrected chi connectivity index (χ1v) is 9.04. The van der Waals surface area contributed by atoms with E-state index in [0.29, 0.717) is 37.4 Å². The maximum absolute atomic E-state index is 12.2. The van der Waals surface area contributed by atoms with Crippen molar-refractivity contribution in [1.82, 2.24) is 20.2 Å². The van der Waals surface area contributed by atoms with Gasteiger partial charge in [-0.3, -0.25) is 19.6 Å². The van der Waals surface area contributed by atoms with E-state index in [4.69, 9.17) is 11.6 Å². The zero-order valence-corrected chi connectivity index (χ0v) is 15.2. The van der Waals surface area contributed by atoms with E-state index >= 15 is 0 Å². The van der Waals surface area contributed by atoms with Crippen molar-refractivity contribution in [1.29, 1.82) is 0 Å². The van der Waals surface area contributed by atoms with Gasteiger partial charge in [0.1, 0.15) is 0 Å². The Labute approximate surface area is 157 Å². The van der Waals surface area contributed by atoms with Crippen molar-refractivity contribution in [3.05, 3.63) is 59.1 Å². The second kappa shape index (κ2) is 8.76. The first-order chi connectivity index (χ1) is 12.6. The average molecular weight is 373 g/mol. The molecular formula is C19H21ClN4O2. The van der Waals surface area contributed by atoms with Gasteiger partial charge in [0.2, 0.25) is 11.8 Å². The largest absolute Gasteiger partial charge is 0.351 e. The first-order valence-electron chi connectivity index (χ1n) is 8.66. The van der Waals surface area contributed by atoms with Gasteiger partial charge in [0.15, 0.2) is 0 Å². The number of benzene rings is 1. The highest BCUT2D eigenvalue weighted by Crippen LogP contribution is 2.15. The summed E-state index contributed by atoms with van der Waals surface area (Å²) in [7, 11) is 0. The molecular weight excluding hydrogens is 352 g/mol. The van der Waals surface area contributed by atoms with E-state index in [2.05, 4.69) is 15.3 Å². The number of hydrogen-bond acceptors (Lipinski definition) is 4. The van der Waals surface area contributed by atoms with Gasteiger partial charge in [0.05, 0.1) is 11.7 Å². The molecule has 0 aliphatic carbocycles. The van der Waals surface area contributed by atoms with Gasteiger partial charge in [-0.15, -0.1) is 0 Å². The third kappa shape index (κ3) is 5.26. The van der Waals surface area contributed by atoms with Crippen LogP contribution >= 0.6 is 11.6 Å². The first kappa shape index (κ1) is 18.3. The van der Waals surface area contributed by atoms with E-state index in [1.165, 1.54) is 0 Å². The fourth-order valence-electron chi connectivity index (χ4n) is 3.04. The van der Waals surface area contributed by atoms with E-state index in [1.807, 2.05) is 24.3 Å². The summed E-state index contributed by atoms with van der Waals surface area (Å²) in [5.74, 6) is 0.0106. The quantitative estimate of drug-likeness (QED) is 0.806. The van der Waals surface area contributed by atoms with Gasteiger partial charge in [0, 0.05) is 49.5 Å². The zero-order chi connectivity index (χ0) is 18.4. The van der Waals surface area contributed by atoms with Crippen LogP contribution in [0.15, 0.2) is 42.9 Å². The minimum atomic E-state index is -0.129. The summed E-state index contributed by atoms with van der Waals surface area (Å²) in [6.45, 7) is 1.18. The Morgan fingerprint density at radius 3 is 2.96 bits per heavy atom. The summed E-state index contributed by atoms with van der Waals surface area (Å²) < 4.78 is 0. The van der Waals surface area contributed by atoms with E-state index in [0.717, 1.165) is 17.7 Å². The lowest BCUT2D eigenvalue weighted by molar-refractivity contribution is -0.127. The lowest BCUT2D eigenvalue weighted by Crippen LogP contribution is -2.37. The fourth-order valence-corrected chi connectivity index (χ4v) is 3.25. The van der Waals surface area contributed by atoms with Crippen LogP contribution in [0, 0.1) is 0 Å². The molecule has 136 valence electrons. The Bertz CT molecular complexity index is 769. The normalized spacial score (nSPS) is 16.7. The van der Waals surface area contributed by atoms with Crippen molar-refractivity contribution in [2.45, 2.75) is 31.7 Å². The molecule has 1 aromatic carbocycles. The van der Waals surface area contributed by atoms with E-state index in [9.17, 15) is 9.59 Å². The average Bonchev–Trinajstić information content (AvgIpc) is 2.98. The number of hydrogen-bond donors (Lipinski definition) is 1. The monoisotopic (exact) mass is 372 g/mol. The SMILES string of the molecule is O=C(CCc1cnccn1)N[C@H]1CC(=O)N(CCc2cccc(Cl)c2)C1. The van der Waals surface area contributed by atoms with E-state index in [1.54, 1.807) is 23.5 Å². The maximum Gasteiger partial charge on any atom is 0.224 e. The smallest absolute Gasteiger partial charge is 0.224 e. The fraction of sp³-hybridized carbons (Fsp3) is 0.368. The molecule has 6 nitrogen and oxygen atoms in total. The molecule has 1 saturated heterocycles. The molecule has 2 amide bonds. The molecule has 3 rings (SSSR count). The summed E-state index contributed by atoms with van der Waals surface area (Å²) in [6, 6.07) is 7.52. The molecule has 26 heavy (non-hydrogen) atoms. The molecule has 0 radical (unpaired) electrons. The van der Waals surface area contributed by atoms with Gasteiger partial charge in [-0.2, -0.15) is 0 Å². The number of amides is 2. The van der Waals surface area contributed by atoms with Crippen LogP contribution in [0.3, 0.4) is 0 Å². The minimum Gasteiger partial charge on any atom is -0.351 e. The van der Waals surface area contributed by atoms with Gasteiger partial charge in [-0.05, 0) is 30.5 Å². The molecule has 1 atom stereocenters. The Kier molecular flexibility index (Phi) is 6.17. The molecule has 1 aromatic heterocycles. The molecule has 2 heterocycles. The van der Waals surface area contributed by atoms with Crippen molar-refractivity contribution in [2.75, 3.05) is 13.1 Å². The third-order valence-electron chi connectivity index (χ3n) is 4.36. The summed E-state index contributed by atoms with van der Waals surface area (Å²) in [4.78, 5) is 34.2. The molecule has 0 unspecified atom stereocenters. The molecule has 0 saturated carbocycles. The number of carbonyl (C=O) groups excluding carboxylic acids is 2. The number of nitrogens with zero attached hydrogens (tertiary/aromatic N) is 3. The molecule has 0 spiro atoms. The molecule has 0 bridgehead atoms. The van der Waals surface area contributed by atoms with E-state index < -0.39 is 0 Å². The highest BCUT2D eigenvalue weighted by Gasteiger charge is 2.30. The van der Waals surface area contributed by atoms with Crippen LogP contribution in [0.2, 0.25) is 5.02 Å². The van der Waals surface area contributed by atoms with Crippen LogP contribution in [0.4, 0.5) is 0 Å². The number of carbonyl (C=O) groups is 2. The predicted molar refractivity (Wildman–Crippen MR) is 98.6 cm³/mol. The van der Waals surface area contributed by atoms with Gasteiger partial charge < -0.3 is 10.2 Å². The lowest BCUT2D eigenvalue weighted by atomic mass is 10.1. The molecule has 1 N–H and O–H groups in total. The summed E-state index contributed by atoms with van der Waals surface area (Å²) >= 11 is 5.99.